The summed E-state index contributed by atoms with van der Waals surface area (Å²) in [5.41, 5.74) is 2.24. The summed E-state index contributed by atoms with van der Waals surface area (Å²) in [6.07, 6.45) is 2.33. The molecule has 1 aromatic heterocycles. The van der Waals surface area contributed by atoms with Gasteiger partial charge in [0.05, 0.1) is 5.69 Å². The van der Waals surface area contributed by atoms with Crippen molar-refractivity contribution in [1.82, 2.24) is 15.2 Å². The third-order valence-electron chi connectivity index (χ3n) is 4.30. The fourth-order valence-corrected chi connectivity index (χ4v) is 2.93. The molecule has 1 aliphatic heterocycles. The van der Waals surface area contributed by atoms with Crippen LogP contribution < -0.4 is 10.2 Å². The predicted octanol–water partition coefficient (Wildman–Crippen LogP) is 1.91. The number of hydrogen-bond acceptors (Lipinski definition) is 4. The van der Waals surface area contributed by atoms with Gasteiger partial charge in [-0.3, -0.25) is 9.78 Å². The highest BCUT2D eigenvalue weighted by atomic mass is 16.2. The summed E-state index contributed by atoms with van der Waals surface area (Å²) >= 11 is 0. The largest absolute Gasteiger partial charge is 0.368 e. The van der Waals surface area contributed by atoms with Gasteiger partial charge in [0.25, 0.3) is 0 Å². The van der Waals surface area contributed by atoms with E-state index in [1.54, 1.807) is 6.20 Å². The Morgan fingerprint density at radius 1 is 1.00 bits per heavy atom. The zero-order valence-electron chi connectivity index (χ0n) is 13.9. The number of carbonyl (C=O) groups is 1. The molecule has 5 heteroatoms. The van der Waals surface area contributed by atoms with Crippen LogP contribution in [0.5, 0.6) is 0 Å². The normalized spacial score (nSPS) is 14.7. The molecule has 0 spiro atoms. The fourth-order valence-electron chi connectivity index (χ4n) is 2.93. The first kappa shape index (κ1) is 16.5. The lowest BCUT2D eigenvalue weighted by Crippen LogP contribution is -2.49. The van der Waals surface area contributed by atoms with Crippen molar-refractivity contribution in [2.24, 2.45) is 0 Å². The maximum absolute atomic E-state index is 12.3. The lowest BCUT2D eigenvalue weighted by Gasteiger charge is -2.36. The SMILES string of the molecule is O=C(CCNCc1ccccn1)N1CCN(c2ccccc2)CC1. The van der Waals surface area contributed by atoms with Gasteiger partial charge in [-0.25, -0.2) is 0 Å². The Hall–Kier alpha value is -2.40. The van der Waals surface area contributed by atoms with Gasteiger partial charge >= 0.3 is 0 Å². The highest BCUT2D eigenvalue weighted by molar-refractivity contribution is 5.76. The number of piperazine rings is 1. The molecular formula is C19H24N4O. The zero-order chi connectivity index (χ0) is 16.6. The Morgan fingerprint density at radius 2 is 1.75 bits per heavy atom. The van der Waals surface area contributed by atoms with Crippen LogP contribution in [0.25, 0.3) is 0 Å². The van der Waals surface area contributed by atoms with Gasteiger partial charge in [0.1, 0.15) is 0 Å². The molecule has 0 radical (unpaired) electrons. The molecule has 1 aromatic carbocycles. The molecule has 1 saturated heterocycles. The minimum absolute atomic E-state index is 0.233. The number of benzene rings is 1. The molecule has 0 unspecified atom stereocenters. The van der Waals surface area contributed by atoms with Gasteiger partial charge in [-0.2, -0.15) is 0 Å². The summed E-state index contributed by atoms with van der Waals surface area (Å²) in [7, 11) is 0. The number of amides is 1. The molecule has 0 atom stereocenters. The first-order chi connectivity index (χ1) is 11.8. The smallest absolute Gasteiger partial charge is 0.223 e. The molecule has 0 saturated carbocycles. The molecule has 2 heterocycles. The van der Waals surface area contributed by atoms with Crippen LogP contribution in [0.2, 0.25) is 0 Å². The molecule has 1 aliphatic rings. The second-order valence-corrected chi connectivity index (χ2v) is 5.95. The van der Waals surface area contributed by atoms with Crippen LogP contribution in [0.15, 0.2) is 54.7 Å². The zero-order valence-corrected chi connectivity index (χ0v) is 13.9. The number of para-hydroxylation sites is 1. The lowest BCUT2D eigenvalue weighted by molar-refractivity contribution is -0.131. The number of nitrogens with zero attached hydrogens (tertiary/aromatic N) is 3. The maximum atomic E-state index is 12.3. The van der Waals surface area contributed by atoms with Crippen LogP contribution in [0, 0.1) is 0 Å². The predicted molar refractivity (Wildman–Crippen MR) is 95.8 cm³/mol. The van der Waals surface area contributed by atoms with E-state index in [1.165, 1.54) is 5.69 Å². The first-order valence-corrected chi connectivity index (χ1v) is 8.51. The molecule has 1 amide bonds. The van der Waals surface area contributed by atoms with Crippen LogP contribution in [0.3, 0.4) is 0 Å². The summed E-state index contributed by atoms with van der Waals surface area (Å²) < 4.78 is 0. The molecule has 1 N–H and O–H groups in total. The van der Waals surface area contributed by atoms with E-state index in [-0.39, 0.29) is 5.91 Å². The quantitative estimate of drug-likeness (QED) is 0.825. The molecule has 0 bridgehead atoms. The number of carbonyl (C=O) groups excluding carboxylic acids is 1. The molecular weight excluding hydrogens is 300 g/mol. The van der Waals surface area contributed by atoms with Crippen molar-refractivity contribution in [1.29, 1.82) is 0 Å². The Bertz CT molecular complexity index is 624. The van der Waals surface area contributed by atoms with Crippen molar-refractivity contribution in [3.8, 4) is 0 Å². The van der Waals surface area contributed by atoms with E-state index in [0.29, 0.717) is 19.5 Å². The minimum atomic E-state index is 0.233. The summed E-state index contributed by atoms with van der Waals surface area (Å²) in [6, 6.07) is 16.3. The average Bonchev–Trinajstić information content (AvgIpc) is 2.67. The Morgan fingerprint density at radius 3 is 2.46 bits per heavy atom. The van der Waals surface area contributed by atoms with Gasteiger partial charge < -0.3 is 15.1 Å². The highest BCUT2D eigenvalue weighted by Gasteiger charge is 2.20. The fraction of sp³-hybridized carbons (Fsp3) is 0.368. The van der Waals surface area contributed by atoms with Gasteiger partial charge in [-0.1, -0.05) is 24.3 Å². The molecule has 126 valence electrons. The number of anilines is 1. The third kappa shape index (κ3) is 4.55. The first-order valence-electron chi connectivity index (χ1n) is 8.51. The van der Waals surface area contributed by atoms with Gasteiger partial charge in [0.2, 0.25) is 5.91 Å². The van der Waals surface area contributed by atoms with E-state index in [2.05, 4.69) is 39.5 Å². The minimum Gasteiger partial charge on any atom is -0.368 e. The summed E-state index contributed by atoms with van der Waals surface area (Å²) in [5.74, 6) is 0.233. The van der Waals surface area contributed by atoms with Crippen molar-refractivity contribution in [3.63, 3.8) is 0 Å². The number of hydrogen-bond donors (Lipinski definition) is 1. The average molecular weight is 324 g/mol. The molecule has 3 rings (SSSR count). The topological polar surface area (TPSA) is 48.5 Å². The van der Waals surface area contributed by atoms with E-state index in [1.807, 2.05) is 29.2 Å². The van der Waals surface area contributed by atoms with Crippen LogP contribution in [0.1, 0.15) is 12.1 Å². The Kier molecular flexibility index (Phi) is 5.80. The van der Waals surface area contributed by atoms with Crippen LogP contribution >= 0.6 is 0 Å². The highest BCUT2D eigenvalue weighted by Crippen LogP contribution is 2.15. The van der Waals surface area contributed by atoms with Crippen LogP contribution in [-0.4, -0.2) is 48.5 Å². The standard InChI is InChI=1S/C19H24N4O/c24-19(9-11-20-16-17-6-4-5-10-21-17)23-14-12-22(13-15-23)18-7-2-1-3-8-18/h1-8,10,20H,9,11-16H2. The van der Waals surface area contributed by atoms with E-state index in [0.717, 1.165) is 31.9 Å². The third-order valence-corrected chi connectivity index (χ3v) is 4.30. The van der Waals surface area contributed by atoms with Crippen molar-refractivity contribution in [2.75, 3.05) is 37.6 Å². The Balaban J connectivity index is 1.36. The molecule has 2 aromatic rings. The number of nitrogens with one attached hydrogen (secondary N) is 1. The van der Waals surface area contributed by atoms with E-state index < -0.39 is 0 Å². The summed E-state index contributed by atoms with van der Waals surface area (Å²) in [4.78, 5) is 20.9. The molecule has 1 fully saturated rings. The second kappa shape index (κ2) is 8.45. The number of pyridine rings is 1. The van der Waals surface area contributed by atoms with E-state index in [4.69, 9.17) is 0 Å². The summed E-state index contributed by atoms with van der Waals surface area (Å²) in [5, 5.41) is 3.29. The maximum Gasteiger partial charge on any atom is 0.223 e. The Labute approximate surface area is 143 Å². The van der Waals surface area contributed by atoms with Crippen LogP contribution in [0.4, 0.5) is 5.69 Å². The molecule has 5 nitrogen and oxygen atoms in total. The van der Waals surface area contributed by atoms with E-state index >= 15 is 0 Å². The number of aromatic nitrogens is 1. The van der Waals surface area contributed by atoms with Crippen molar-refractivity contribution in [2.45, 2.75) is 13.0 Å². The van der Waals surface area contributed by atoms with E-state index in [9.17, 15) is 4.79 Å². The van der Waals surface area contributed by atoms with Crippen molar-refractivity contribution in [3.05, 3.63) is 60.4 Å². The van der Waals surface area contributed by atoms with Crippen molar-refractivity contribution < 1.29 is 4.79 Å². The molecule has 0 aliphatic carbocycles. The number of rotatable bonds is 6. The van der Waals surface area contributed by atoms with Gasteiger partial charge in [0.15, 0.2) is 0 Å². The lowest BCUT2D eigenvalue weighted by atomic mass is 10.2. The van der Waals surface area contributed by atoms with Gasteiger partial charge in [0, 0.05) is 57.6 Å². The van der Waals surface area contributed by atoms with Gasteiger partial charge in [-0.15, -0.1) is 0 Å². The second-order valence-electron chi connectivity index (χ2n) is 5.95. The van der Waals surface area contributed by atoms with Crippen molar-refractivity contribution >= 4 is 11.6 Å². The molecule has 24 heavy (non-hydrogen) atoms. The monoisotopic (exact) mass is 324 g/mol. The van der Waals surface area contributed by atoms with Gasteiger partial charge in [-0.05, 0) is 24.3 Å². The van der Waals surface area contributed by atoms with Crippen LogP contribution in [-0.2, 0) is 11.3 Å². The summed E-state index contributed by atoms with van der Waals surface area (Å²) in [6.45, 7) is 4.79.